The van der Waals surface area contributed by atoms with Crippen molar-refractivity contribution in [3.63, 3.8) is 0 Å². The van der Waals surface area contributed by atoms with Crippen LogP contribution in [0.2, 0.25) is 25.1 Å². The van der Waals surface area contributed by atoms with Gasteiger partial charge in [0.05, 0.1) is 36.9 Å². The van der Waals surface area contributed by atoms with Gasteiger partial charge in [0.25, 0.3) is 11.8 Å². The van der Waals surface area contributed by atoms with Crippen molar-refractivity contribution in [1.29, 1.82) is 0 Å². The van der Waals surface area contributed by atoms with Gasteiger partial charge in [-0.1, -0.05) is 88.3 Å². The lowest BCUT2D eigenvalue weighted by Gasteiger charge is -2.22. The quantitative estimate of drug-likeness (QED) is 0.243. The van der Waals surface area contributed by atoms with Gasteiger partial charge in [0.1, 0.15) is 6.10 Å². The Labute approximate surface area is 196 Å². The van der Waals surface area contributed by atoms with Gasteiger partial charge in [-0.2, -0.15) is 0 Å². The summed E-state index contributed by atoms with van der Waals surface area (Å²) in [5.41, 5.74) is 0.668. The average molecular weight is 502 g/mol. The van der Waals surface area contributed by atoms with Crippen LogP contribution in [0.25, 0.3) is 0 Å². The number of anilines is 1. The normalized spacial score (nSPS) is 14.3. The van der Waals surface area contributed by atoms with Crippen molar-refractivity contribution in [2.75, 3.05) is 4.90 Å². The van der Waals surface area contributed by atoms with Gasteiger partial charge in [-0.15, -0.1) is 0 Å². The monoisotopic (exact) mass is 499 g/mol. The second-order valence-corrected chi connectivity index (χ2v) is 8.42. The predicted octanol–water partition coefficient (Wildman–Crippen LogP) is 6.84. The first kappa shape index (κ1) is 21.4. The summed E-state index contributed by atoms with van der Waals surface area (Å²) in [5, 5.41) is 10.7. The number of hydrogen-bond donors (Lipinski definition) is 1. The summed E-state index contributed by atoms with van der Waals surface area (Å²) >= 11 is 30.7. The molecule has 0 saturated carbocycles. The van der Waals surface area contributed by atoms with Crippen molar-refractivity contribution >= 4 is 75.5 Å². The number of hydrogen-bond acceptors (Lipinski definition) is 3. The molecule has 0 aromatic heterocycles. The zero-order chi connectivity index (χ0) is 21.7. The molecule has 0 unspecified atom stereocenters. The number of rotatable bonds is 3. The molecule has 9 heteroatoms. The van der Waals surface area contributed by atoms with Gasteiger partial charge in [-0.25, -0.2) is 4.90 Å². The molecule has 4 rings (SSSR count). The molecule has 0 radical (unpaired) electrons. The van der Waals surface area contributed by atoms with E-state index >= 15 is 0 Å². The summed E-state index contributed by atoms with van der Waals surface area (Å²) in [7, 11) is 0. The number of halogens is 5. The van der Waals surface area contributed by atoms with Crippen LogP contribution in [-0.2, 0) is 0 Å². The lowest BCUT2D eigenvalue weighted by molar-refractivity contribution is 0.0925. The highest BCUT2D eigenvalue weighted by Gasteiger charge is 2.43. The largest absolute Gasteiger partial charge is 0.384 e. The van der Waals surface area contributed by atoms with E-state index in [0.717, 1.165) is 4.90 Å². The minimum absolute atomic E-state index is 0.120. The van der Waals surface area contributed by atoms with Crippen LogP contribution in [0, 0.1) is 0 Å². The Morgan fingerprint density at radius 2 is 1.27 bits per heavy atom. The summed E-state index contributed by atoms with van der Waals surface area (Å²) in [4.78, 5) is 27.3. The lowest BCUT2D eigenvalue weighted by atomic mass is 9.99. The van der Waals surface area contributed by atoms with Crippen LogP contribution in [0.4, 0.5) is 5.69 Å². The van der Waals surface area contributed by atoms with Gasteiger partial charge < -0.3 is 5.11 Å². The number of aliphatic hydroxyl groups is 1. The van der Waals surface area contributed by atoms with Crippen molar-refractivity contribution < 1.29 is 14.7 Å². The van der Waals surface area contributed by atoms with Gasteiger partial charge in [0.2, 0.25) is 0 Å². The molecule has 0 bridgehead atoms. The minimum Gasteiger partial charge on any atom is -0.384 e. The smallest absolute Gasteiger partial charge is 0.267 e. The molecule has 4 nitrogen and oxygen atoms in total. The fourth-order valence-electron chi connectivity index (χ4n) is 3.33. The Kier molecular flexibility index (Phi) is 5.75. The van der Waals surface area contributed by atoms with Gasteiger partial charge in [0.15, 0.2) is 0 Å². The Morgan fingerprint density at radius 1 is 0.733 bits per heavy atom. The Morgan fingerprint density at radius 3 is 1.80 bits per heavy atom. The van der Waals surface area contributed by atoms with Crippen molar-refractivity contribution in [3.05, 3.63) is 95.9 Å². The Balaban J connectivity index is 1.90. The molecule has 1 N–H and O–H groups in total. The van der Waals surface area contributed by atoms with E-state index in [-0.39, 0.29) is 42.5 Å². The zero-order valence-corrected chi connectivity index (χ0v) is 18.6. The molecule has 30 heavy (non-hydrogen) atoms. The summed E-state index contributed by atoms with van der Waals surface area (Å²) in [6.45, 7) is 0. The van der Waals surface area contributed by atoms with Crippen LogP contribution in [0.5, 0.6) is 0 Å². The molecule has 0 fully saturated rings. The second-order valence-electron chi connectivity index (χ2n) is 6.47. The zero-order valence-electron chi connectivity index (χ0n) is 14.8. The highest BCUT2D eigenvalue weighted by molar-refractivity contribution is 6.56. The van der Waals surface area contributed by atoms with Gasteiger partial charge in [-0.05, 0) is 23.8 Å². The number of nitrogens with zero attached hydrogens (tertiary/aromatic N) is 1. The molecular formula is C21H10Cl5NO3. The second kappa shape index (κ2) is 8.04. The molecule has 2 amide bonds. The highest BCUT2D eigenvalue weighted by atomic mass is 35.5. The van der Waals surface area contributed by atoms with E-state index in [1.807, 2.05) is 0 Å². The van der Waals surface area contributed by atoms with E-state index in [2.05, 4.69) is 0 Å². The fraction of sp³-hybridized carbons (Fsp3) is 0.0476. The molecule has 0 saturated heterocycles. The number of amides is 2. The summed E-state index contributed by atoms with van der Waals surface area (Å²) in [6, 6.07) is 13.2. The molecule has 0 spiro atoms. The lowest BCUT2D eigenvalue weighted by Crippen LogP contribution is -2.31. The van der Waals surface area contributed by atoms with Crippen LogP contribution in [0.15, 0.2) is 48.5 Å². The third-order valence-electron chi connectivity index (χ3n) is 4.74. The topological polar surface area (TPSA) is 57.6 Å². The van der Waals surface area contributed by atoms with E-state index in [9.17, 15) is 14.7 Å². The molecular weight excluding hydrogens is 492 g/mol. The number of benzene rings is 3. The van der Waals surface area contributed by atoms with Gasteiger partial charge in [0, 0.05) is 10.6 Å². The van der Waals surface area contributed by atoms with E-state index in [1.54, 1.807) is 30.3 Å². The van der Waals surface area contributed by atoms with Crippen LogP contribution in [0.1, 0.15) is 37.9 Å². The Bertz CT molecular complexity index is 1170. The van der Waals surface area contributed by atoms with Gasteiger partial charge in [-0.3, -0.25) is 9.59 Å². The van der Waals surface area contributed by atoms with Crippen molar-refractivity contribution in [2.24, 2.45) is 0 Å². The number of carbonyl (C=O) groups excluding carboxylic acids is 2. The van der Waals surface area contributed by atoms with Crippen molar-refractivity contribution in [3.8, 4) is 0 Å². The van der Waals surface area contributed by atoms with Crippen molar-refractivity contribution in [1.82, 2.24) is 0 Å². The molecule has 3 aromatic carbocycles. The predicted molar refractivity (Wildman–Crippen MR) is 120 cm³/mol. The first-order valence-electron chi connectivity index (χ1n) is 8.51. The van der Waals surface area contributed by atoms with E-state index < -0.39 is 17.9 Å². The van der Waals surface area contributed by atoms with E-state index in [0.29, 0.717) is 10.6 Å². The first-order chi connectivity index (χ1) is 14.2. The number of imide groups is 1. The molecule has 1 heterocycles. The molecule has 3 aromatic rings. The fourth-order valence-corrected chi connectivity index (χ4v) is 4.53. The molecule has 1 aliphatic rings. The molecule has 1 aliphatic heterocycles. The maximum Gasteiger partial charge on any atom is 0.267 e. The summed E-state index contributed by atoms with van der Waals surface area (Å²) < 4.78 is 0. The van der Waals surface area contributed by atoms with Crippen LogP contribution in [-0.4, -0.2) is 16.9 Å². The molecule has 152 valence electrons. The van der Waals surface area contributed by atoms with Crippen LogP contribution in [0.3, 0.4) is 0 Å². The molecule has 0 aliphatic carbocycles. The van der Waals surface area contributed by atoms with Crippen molar-refractivity contribution in [2.45, 2.75) is 6.10 Å². The number of aliphatic hydroxyl groups excluding tert-OH is 1. The third-order valence-corrected chi connectivity index (χ3v) is 6.78. The van der Waals surface area contributed by atoms with Gasteiger partial charge >= 0.3 is 0 Å². The minimum atomic E-state index is -1.15. The van der Waals surface area contributed by atoms with Crippen LogP contribution >= 0.6 is 58.0 Å². The number of carbonyl (C=O) groups is 2. The average Bonchev–Trinajstić information content (AvgIpc) is 3.01. The first-order valence-corrected chi connectivity index (χ1v) is 10.4. The maximum absolute atomic E-state index is 13.2. The molecule has 1 atom stereocenters. The third kappa shape index (κ3) is 3.28. The SMILES string of the molecule is O=C1c2c(Cl)c(Cl)c(Cl)c(Cl)c2C(=O)N1c1ccc(Cl)cc1[C@@H](O)c1ccccc1. The summed E-state index contributed by atoms with van der Waals surface area (Å²) in [6.07, 6.45) is -1.15. The Hall–Kier alpha value is -1.79. The number of fused-ring (bicyclic) bond motifs is 1. The van der Waals surface area contributed by atoms with E-state index in [1.165, 1.54) is 18.2 Å². The maximum atomic E-state index is 13.2. The summed E-state index contributed by atoms with van der Waals surface area (Å²) in [5.74, 6) is -1.46. The highest BCUT2D eigenvalue weighted by Crippen LogP contribution is 2.46. The van der Waals surface area contributed by atoms with Crippen LogP contribution < -0.4 is 4.90 Å². The standard InChI is InChI=1S/C21H10Cl5NO3/c22-10-6-7-12(11(8-10)19(28)9-4-2-1-3-5-9)27-20(29)13-14(21(27)30)16(24)18(26)17(25)15(13)23/h1-8,19,28H/t19-/m0/s1. The van der Waals surface area contributed by atoms with E-state index in [4.69, 9.17) is 58.0 Å².